The lowest BCUT2D eigenvalue weighted by atomic mass is 9.84. The predicted octanol–water partition coefficient (Wildman–Crippen LogP) is 9.60. The smallest absolute Gasteiger partial charge is 0.388 e. The summed E-state index contributed by atoms with van der Waals surface area (Å²) in [6, 6.07) is 32.4. The van der Waals surface area contributed by atoms with Crippen molar-refractivity contribution in [3.63, 3.8) is 0 Å². The zero-order valence-corrected chi connectivity index (χ0v) is 35.3. The molecule has 312 valence electrons. The summed E-state index contributed by atoms with van der Waals surface area (Å²) in [6.45, 7) is 4.87. The summed E-state index contributed by atoms with van der Waals surface area (Å²) in [7, 11) is -10.9. The molecule has 0 radical (unpaired) electrons. The Kier molecular flexibility index (Phi) is 13.7. The van der Waals surface area contributed by atoms with Crippen LogP contribution in [0.15, 0.2) is 136 Å². The van der Waals surface area contributed by atoms with Crippen LogP contribution in [0.4, 0.5) is 24.5 Å². The van der Waals surface area contributed by atoms with Crippen LogP contribution in [0.1, 0.15) is 48.7 Å². The van der Waals surface area contributed by atoms with E-state index in [0.717, 1.165) is 39.4 Å². The maximum atomic E-state index is 13.9. The number of halogens is 4. The van der Waals surface area contributed by atoms with Gasteiger partial charge in [-0.15, -0.1) is 11.8 Å². The SMILES string of the molecule is CC(C)[C@H](CSc1ccccc1)Nc1ccc(S(=O)(=O)NC(=O)c2ccc(N3CCC([C@@H](O)c4ccccc4-c4ccc(Cl)cc4)CC3)cc2)cc1S(=O)(=O)C(F)(F)F. The van der Waals surface area contributed by atoms with E-state index in [1.165, 1.54) is 23.9 Å². The average Bonchev–Trinajstić information content (AvgIpc) is 3.22. The first-order valence-corrected chi connectivity index (χ1v) is 23.1. The number of rotatable bonds is 14. The molecule has 9 nitrogen and oxygen atoms in total. The molecule has 1 heterocycles. The van der Waals surface area contributed by atoms with Gasteiger partial charge in [-0.2, -0.15) is 13.2 Å². The number of hydrogen-bond donors (Lipinski definition) is 3. The summed E-state index contributed by atoms with van der Waals surface area (Å²) in [6.07, 6.45) is 0.666. The van der Waals surface area contributed by atoms with Gasteiger partial charge in [0.1, 0.15) is 4.90 Å². The first-order chi connectivity index (χ1) is 27.9. The summed E-state index contributed by atoms with van der Waals surface area (Å²) in [5.41, 5.74) is -2.71. The molecule has 5 aromatic carbocycles. The molecule has 1 fully saturated rings. The van der Waals surface area contributed by atoms with Crippen LogP contribution in [-0.4, -0.2) is 58.2 Å². The number of piperidine rings is 1. The van der Waals surface area contributed by atoms with Crippen LogP contribution < -0.4 is 14.9 Å². The van der Waals surface area contributed by atoms with Crippen molar-refractivity contribution in [1.82, 2.24) is 4.72 Å². The van der Waals surface area contributed by atoms with Gasteiger partial charge in [0.15, 0.2) is 0 Å². The maximum absolute atomic E-state index is 13.9. The molecule has 0 aromatic heterocycles. The largest absolute Gasteiger partial charge is 0.501 e. The number of hydrogen-bond acceptors (Lipinski definition) is 9. The second-order valence-corrected chi connectivity index (χ2v) is 19.7. The van der Waals surface area contributed by atoms with Crippen LogP contribution in [0.3, 0.4) is 0 Å². The second kappa shape index (κ2) is 18.4. The number of sulfone groups is 1. The van der Waals surface area contributed by atoms with E-state index in [1.54, 1.807) is 12.1 Å². The highest BCUT2D eigenvalue weighted by Gasteiger charge is 2.48. The minimum atomic E-state index is -6.03. The highest BCUT2D eigenvalue weighted by atomic mass is 35.5. The second-order valence-electron chi connectivity index (χ2n) is 14.6. The number of aliphatic hydroxyl groups is 1. The van der Waals surface area contributed by atoms with Crippen LogP contribution in [0, 0.1) is 11.8 Å². The van der Waals surface area contributed by atoms with E-state index < -0.39 is 58.9 Å². The number of aliphatic hydroxyl groups excluding tert-OH is 1. The number of alkyl halides is 3. The molecule has 6 rings (SSSR count). The van der Waals surface area contributed by atoms with Crippen molar-refractivity contribution in [3.8, 4) is 11.1 Å². The Morgan fingerprint density at radius 1 is 0.864 bits per heavy atom. The van der Waals surface area contributed by atoms with Gasteiger partial charge in [0, 0.05) is 46.1 Å². The summed E-state index contributed by atoms with van der Waals surface area (Å²) < 4.78 is 96.1. The fourth-order valence-corrected chi connectivity index (χ4v) is 10.2. The Bertz CT molecular complexity index is 2460. The number of nitrogens with zero attached hydrogens (tertiary/aromatic N) is 1. The van der Waals surface area contributed by atoms with Gasteiger partial charge in [0.2, 0.25) is 0 Å². The minimum absolute atomic E-state index is 0.0123. The van der Waals surface area contributed by atoms with Gasteiger partial charge in [0.05, 0.1) is 16.7 Å². The zero-order valence-electron chi connectivity index (χ0n) is 32.1. The summed E-state index contributed by atoms with van der Waals surface area (Å²) >= 11 is 7.51. The molecule has 1 saturated heterocycles. The van der Waals surface area contributed by atoms with Gasteiger partial charge in [0.25, 0.3) is 25.8 Å². The molecular formula is C43H43ClF3N3O6S3. The molecule has 0 spiro atoms. The number of amides is 1. The third kappa shape index (κ3) is 10.4. The van der Waals surface area contributed by atoms with Crippen molar-refractivity contribution < 1.29 is 39.9 Å². The van der Waals surface area contributed by atoms with E-state index in [2.05, 4.69) is 10.2 Å². The van der Waals surface area contributed by atoms with Gasteiger partial charge in [-0.25, -0.2) is 21.6 Å². The van der Waals surface area contributed by atoms with Crippen LogP contribution in [0.25, 0.3) is 11.1 Å². The Morgan fingerprint density at radius 2 is 1.49 bits per heavy atom. The number of carbonyl (C=O) groups excluding carboxylic acids is 1. The van der Waals surface area contributed by atoms with Gasteiger partial charge in [-0.3, -0.25) is 4.79 Å². The fraction of sp³-hybridized carbons (Fsp3) is 0.279. The molecule has 1 amide bonds. The standard InChI is InChI=1S/C43H43ClF3N3O6S3/c1-28(2)39(27-57-34-8-4-3-5-9-34)48-38-21-20-35(26-40(38)58(53,54)43(45,46)47)59(55,56)49-42(52)31-14-18-33(19-15-31)50-24-22-30(23-25-50)41(51)37-11-7-6-10-36(37)29-12-16-32(44)17-13-29/h3-21,26,28,30,39,41,48,51H,22-25,27H2,1-2H3,(H,49,52)/t39-,41+/m0/s1. The Hall–Kier alpha value is -4.54. The van der Waals surface area contributed by atoms with Gasteiger partial charge >= 0.3 is 5.51 Å². The van der Waals surface area contributed by atoms with Gasteiger partial charge in [-0.05, 0) is 108 Å². The fourth-order valence-electron chi connectivity index (χ4n) is 6.88. The maximum Gasteiger partial charge on any atom is 0.501 e. The highest BCUT2D eigenvalue weighted by Crippen LogP contribution is 2.39. The third-order valence-electron chi connectivity index (χ3n) is 10.3. The van der Waals surface area contributed by atoms with E-state index in [1.807, 2.05) is 97.4 Å². The first kappa shape index (κ1) is 44.0. The average molecular weight is 886 g/mol. The normalized spacial score (nSPS) is 15.2. The lowest BCUT2D eigenvalue weighted by Crippen LogP contribution is -2.36. The summed E-state index contributed by atoms with van der Waals surface area (Å²) in [5.74, 6) is -0.861. The van der Waals surface area contributed by atoms with Crippen LogP contribution >= 0.6 is 23.4 Å². The zero-order chi connectivity index (χ0) is 42.5. The molecule has 0 saturated carbocycles. The first-order valence-electron chi connectivity index (χ1n) is 18.8. The highest BCUT2D eigenvalue weighted by molar-refractivity contribution is 7.99. The molecule has 1 aliphatic heterocycles. The number of nitrogens with one attached hydrogen (secondary N) is 2. The predicted molar refractivity (Wildman–Crippen MR) is 227 cm³/mol. The molecule has 1 aliphatic rings. The topological polar surface area (TPSA) is 133 Å². The number of sulfonamides is 1. The number of carbonyl (C=O) groups is 1. The minimum Gasteiger partial charge on any atom is -0.388 e. The van der Waals surface area contributed by atoms with Crippen LogP contribution in [0.5, 0.6) is 0 Å². The van der Waals surface area contributed by atoms with Gasteiger partial charge in [-0.1, -0.05) is 80.0 Å². The molecule has 5 aromatic rings. The lowest BCUT2D eigenvalue weighted by molar-refractivity contribution is -0.0435. The van der Waals surface area contributed by atoms with Crippen molar-refractivity contribution in [2.24, 2.45) is 11.8 Å². The van der Waals surface area contributed by atoms with Crippen molar-refractivity contribution in [2.75, 3.05) is 29.1 Å². The molecule has 16 heteroatoms. The Labute approximate surface area is 352 Å². The molecule has 2 atom stereocenters. The Morgan fingerprint density at radius 3 is 2.12 bits per heavy atom. The van der Waals surface area contributed by atoms with E-state index in [4.69, 9.17) is 11.6 Å². The Balaban J connectivity index is 1.13. The van der Waals surface area contributed by atoms with E-state index in [-0.39, 0.29) is 17.4 Å². The van der Waals surface area contributed by atoms with Crippen molar-refractivity contribution in [1.29, 1.82) is 0 Å². The molecule has 59 heavy (non-hydrogen) atoms. The molecule has 0 aliphatic carbocycles. The van der Waals surface area contributed by atoms with E-state index in [9.17, 15) is 39.9 Å². The number of thioether (sulfide) groups is 1. The third-order valence-corrected chi connectivity index (χ3v) is 14.6. The molecular weight excluding hydrogens is 843 g/mol. The number of anilines is 2. The van der Waals surface area contributed by atoms with Crippen LogP contribution in [0.2, 0.25) is 5.02 Å². The summed E-state index contributed by atoms with van der Waals surface area (Å²) in [5, 5.41) is 15.0. The summed E-state index contributed by atoms with van der Waals surface area (Å²) in [4.78, 5) is 14.1. The van der Waals surface area contributed by atoms with Crippen molar-refractivity contribution in [2.45, 2.75) is 59.0 Å². The van der Waals surface area contributed by atoms with E-state index in [0.29, 0.717) is 42.8 Å². The lowest BCUT2D eigenvalue weighted by Gasteiger charge is -2.36. The molecule has 3 N–H and O–H groups in total. The molecule has 0 unspecified atom stereocenters. The quantitative estimate of drug-likeness (QED) is 0.0933. The monoisotopic (exact) mass is 885 g/mol. The molecule has 0 bridgehead atoms. The van der Waals surface area contributed by atoms with Gasteiger partial charge < -0.3 is 15.3 Å². The van der Waals surface area contributed by atoms with E-state index >= 15 is 0 Å². The van der Waals surface area contributed by atoms with Crippen molar-refractivity contribution >= 4 is 60.5 Å². The van der Waals surface area contributed by atoms with Crippen molar-refractivity contribution in [3.05, 3.63) is 137 Å². The van der Waals surface area contributed by atoms with Crippen LogP contribution in [-0.2, 0) is 19.9 Å². The number of benzene rings is 5.